The molecule has 0 aliphatic rings. The number of ether oxygens (including phenoxy) is 6. The molecule has 0 aliphatic heterocycles. The van der Waals surface area contributed by atoms with Crippen LogP contribution < -0.4 is 29.8 Å². The molecule has 0 radical (unpaired) electrons. The molecule has 0 fully saturated rings. The molecule has 0 bridgehead atoms. The van der Waals surface area contributed by atoms with Crippen LogP contribution in [0.15, 0.2) is 146 Å². The van der Waals surface area contributed by atoms with Gasteiger partial charge in [0.2, 0.25) is 5.75 Å². The fraction of sp³-hybridized carbons (Fsp3) is 0.204. The predicted octanol–water partition coefficient (Wildman–Crippen LogP) is 7.54. The lowest BCUT2D eigenvalue weighted by Crippen LogP contribution is -2.57. The molecule has 6 aromatic carbocycles. The van der Waals surface area contributed by atoms with Crippen molar-refractivity contribution in [3.63, 3.8) is 0 Å². The number of halogens is 3. The van der Waals surface area contributed by atoms with Gasteiger partial charge in [0.25, 0.3) is 0 Å². The number of carboxylic acid groups (broad SMARTS) is 1. The summed E-state index contributed by atoms with van der Waals surface area (Å²) < 4.78 is 68.2. The second kappa shape index (κ2) is 23.0. The molecule has 328 valence electrons. The Hall–Kier alpha value is -7.32. The summed E-state index contributed by atoms with van der Waals surface area (Å²) in [5.74, 6) is -2.69. The highest BCUT2D eigenvalue weighted by Gasteiger charge is 2.29. The van der Waals surface area contributed by atoms with Crippen LogP contribution in [0.1, 0.15) is 54.1 Å². The number of carbonyl (C=O) groups excluding carboxylic acids is 3. The van der Waals surface area contributed by atoms with E-state index in [-0.39, 0.29) is 38.5 Å². The van der Waals surface area contributed by atoms with Gasteiger partial charge in [-0.25, -0.2) is 9.59 Å². The lowest BCUT2D eigenvalue weighted by atomic mass is 10.0. The second-order valence-electron chi connectivity index (χ2n) is 14.0. The number of quaternary nitrogens is 1. The summed E-state index contributed by atoms with van der Waals surface area (Å²) in [7, 11) is 0. The fourth-order valence-corrected chi connectivity index (χ4v) is 5.73. The van der Waals surface area contributed by atoms with E-state index in [4.69, 9.17) is 38.3 Å². The van der Waals surface area contributed by atoms with Crippen LogP contribution in [0.5, 0.6) is 23.0 Å². The Labute approximate surface area is 362 Å². The lowest BCUT2D eigenvalue weighted by Gasteiger charge is -2.20. The van der Waals surface area contributed by atoms with Gasteiger partial charge in [-0.15, -0.1) is 0 Å². The summed E-state index contributed by atoms with van der Waals surface area (Å²) in [4.78, 5) is 35.9. The maximum atomic E-state index is 13.8. The third-order valence-corrected chi connectivity index (χ3v) is 9.28. The van der Waals surface area contributed by atoms with Crippen molar-refractivity contribution in [3.05, 3.63) is 190 Å². The average molecular weight is 866 g/mol. The Morgan fingerprint density at radius 2 is 0.937 bits per heavy atom. The zero-order valence-electron chi connectivity index (χ0n) is 34.6. The number of carboxylic acids is 1. The summed E-state index contributed by atoms with van der Waals surface area (Å²) in [6, 6.07) is 45.5. The number of hydrogen-bond acceptors (Lipinski definition) is 10. The Morgan fingerprint density at radius 1 is 0.571 bits per heavy atom. The molecule has 3 N–H and O–H groups in total. The molecule has 0 spiro atoms. The van der Waals surface area contributed by atoms with Crippen LogP contribution in [0, 0.1) is 13.8 Å². The molecule has 0 aliphatic carbocycles. The smallest absolute Gasteiger partial charge is 0.430 e. The van der Waals surface area contributed by atoms with Crippen LogP contribution in [0.25, 0.3) is 0 Å². The molecule has 1 unspecified atom stereocenters. The van der Waals surface area contributed by atoms with Crippen LogP contribution in [-0.2, 0) is 40.7 Å². The molecule has 14 heteroatoms. The summed E-state index contributed by atoms with van der Waals surface area (Å²) in [5.41, 5.74) is 10.1. The summed E-state index contributed by atoms with van der Waals surface area (Å²) >= 11 is 0. The minimum absolute atomic E-state index is 0.157. The quantitative estimate of drug-likeness (QED) is 0.0857. The van der Waals surface area contributed by atoms with E-state index in [1.54, 1.807) is 24.3 Å². The number of aliphatic carboxylic acids is 1. The minimum atomic E-state index is -5.19. The lowest BCUT2D eigenvalue weighted by molar-refractivity contribution is -0.384. The Balaban J connectivity index is 0.000000985. The van der Waals surface area contributed by atoms with E-state index in [1.807, 2.05) is 135 Å². The van der Waals surface area contributed by atoms with Gasteiger partial charge in [0.05, 0.1) is 11.1 Å². The molecule has 0 saturated carbocycles. The molecule has 0 aromatic heterocycles. The molecule has 63 heavy (non-hydrogen) atoms. The van der Waals surface area contributed by atoms with Gasteiger partial charge >= 0.3 is 18.1 Å². The van der Waals surface area contributed by atoms with E-state index in [2.05, 4.69) is 5.73 Å². The zero-order chi connectivity index (χ0) is 45.2. The standard InChI is InChI=1S/C47H45NO8.C2HF3O2/c1-33-23-39(24-42(34(33)2)51-28-35-15-7-3-8-16-35)46(49)55-32-41(27-48)56-47(50)40-25-43(52-29-36-17-9-4-10-18-36)45(54-31-38-21-13-6-14-22-38)44(26-40)53-30-37-19-11-5-12-20-37;3-2(4,5)1(6)7/h3-26,41H,27-32,48H2,1-2H3;(H,6,7). The number of benzene rings is 6. The Bertz CT molecular complexity index is 2330. The predicted molar refractivity (Wildman–Crippen MR) is 224 cm³/mol. The molecule has 0 saturated heterocycles. The van der Waals surface area contributed by atoms with Gasteiger partial charge in [0.15, 0.2) is 17.6 Å². The molecule has 6 rings (SSSR count). The number of carbonyl (C=O) groups is 3. The third kappa shape index (κ3) is 14.7. The second-order valence-corrected chi connectivity index (χ2v) is 14.0. The normalized spacial score (nSPS) is 11.3. The highest BCUT2D eigenvalue weighted by atomic mass is 19.4. The SMILES string of the molecule is Cc1cc(C(=O)OCC(C[NH3+])OC(=O)c2cc(OCc3ccccc3)c(OCc3ccccc3)c(OCc3ccccc3)c2)cc(OCc2ccccc2)c1C.O=C([O-])C(F)(F)F. The Kier molecular flexibility index (Phi) is 17.1. The molecule has 11 nitrogen and oxygen atoms in total. The van der Waals surface area contributed by atoms with Crippen molar-refractivity contribution in [2.24, 2.45) is 0 Å². The summed E-state index contributed by atoms with van der Waals surface area (Å²) in [5, 5.41) is 8.78. The average Bonchev–Trinajstić information content (AvgIpc) is 3.29. The van der Waals surface area contributed by atoms with Crippen LogP contribution in [0.2, 0.25) is 0 Å². The molecule has 6 aromatic rings. The van der Waals surface area contributed by atoms with Crippen LogP contribution in [-0.4, -0.2) is 43.3 Å². The number of hydrogen-bond donors (Lipinski definition) is 1. The molecular formula is C49H46F3NO10. The van der Waals surface area contributed by atoms with Gasteiger partial charge in [-0.1, -0.05) is 121 Å². The van der Waals surface area contributed by atoms with Crippen LogP contribution >= 0.6 is 0 Å². The molecule has 0 heterocycles. The first-order valence-electron chi connectivity index (χ1n) is 19.7. The van der Waals surface area contributed by atoms with Crippen molar-refractivity contribution in [3.8, 4) is 23.0 Å². The van der Waals surface area contributed by atoms with E-state index in [1.165, 1.54) is 0 Å². The van der Waals surface area contributed by atoms with Crippen LogP contribution in [0.4, 0.5) is 13.2 Å². The summed E-state index contributed by atoms with van der Waals surface area (Å²) in [6.45, 7) is 4.85. The third-order valence-electron chi connectivity index (χ3n) is 9.28. The summed E-state index contributed by atoms with van der Waals surface area (Å²) in [6.07, 6.45) is -6.02. The van der Waals surface area contributed by atoms with Gasteiger partial charge in [0, 0.05) is 0 Å². The van der Waals surface area contributed by atoms with E-state index >= 15 is 0 Å². The van der Waals surface area contributed by atoms with Gasteiger partial charge in [-0.2, -0.15) is 13.2 Å². The van der Waals surface area contributed by atoms with Crippen molar-refractivity contribution < 1.29 is 66.8 Å². The first-order valence-corrected chi connectivity index (χ1v) is 19.7. The van der Waals surface area contributed by atoms with Gasteiger partial charge in [0.1, 0.15) is 51.3 Å². The largest absolute Gasteiger partial charge is 0.542 e. The monoisotopic (exact) mass is 865 g/mol. The van der Waals surface area contributed by atoms with E-state index in [9.17, 15) is 22.8 Å². The van der Waals surface area contributed by atoms with Gasteiger partial charge in [-0.05, 0) is 71.5 Å². The van der Waals surface area contributed by atoms with Crippen LogP contribution in [0.3, 0.4) is 0 Å². The van der Waals surface area contributed by atoms with Crippen molar-refractivity contribution in [2.45, 2.75) is 52.6 Å². The maximum Gasteiger partial charge on any atom is 0.430 e. The fourth-order valence-electron chi connectivity index (χ4n) is 5.73. The Morgan fingerprint density at radius 3 is 1.33 bits per heavy atom. The number of rotatable bonds is 18. The van der Waals surface area contributed by atoms with Crippen molar-refractivity contribution >= 4 is 17.9 Å². The zero-order valence-corrected chi connectivity index (χ0v) is 34.6. The van der Waals surface area contributed by atoms with Gasteiger partial charge < -0.3 is 44.1 Å². The van der Waals surface area contributed by atoms with E-state index < -0.39 is 30.2 Å². The molecular weight excluding hydrogens is 820 g/mol. The topological polar surface area (TPSA) is 157 Å². The first-order chi connectivity index (χ1) is 30.3. The number of esters is 2. The molecule has 1 atom stereocenters. The van der Waals surface area contributed by atoms with Gasteiger partial charge in [-0.3, -0.25) is 0 Å². The maximum absolute atomic E-state index is 13.8. The molecule has 0 amide bonds. The van der Waals surface area contributed by atoms with Crippen molar-refractivity contribution in [2.75, 3.05) is 13.2 Å². The van der Waals surface area contributed by atoms with E-state index in [0.717, 1.165) is 33.4 Å². The van der Waals surface area contributed by atoms with Crippen molar-refractivity contribution in [1.29, 1.82) is 0 Å². The van der Waals surface area contributed by atoms with Crippen molar-refractivity contribution in [1.82, 2.24) is 0 Å². The van der Waals surface area contributed by atoms with E-state index in [0.29, 0.717) is 35.2 Å². The number of aryl methyl sites for hydroxylation is 1. The minimum Gasteiger partial charge on any atom is -0.542 e. The number of alkyl halides is 3. The first kappa shape index (κ1) is 46.7. The highest BCUT2D eigenvalue weighted by molar-refractivity contribution is 5.92. The highest BCUT2D eigenvalue weighted by Crippen LogP contribution is 2.41.